The molecule has 0 saturated carbocycles. The summed E-state index contributed by atoms with van der Waals surface area (Å²) in [5.41, 5.74) is 3.59. The number of nitrogens with two attached hydrogens (primary N) is 1. The van der Waals surface area contributed by atoms with Gasteiger partial charge in [0.1, 0.15) is 17.2 Å². The minimum atomic E-state index is -4.91. The van der Waals surface area contributed by atoms with Crippen LogP contribution in [0.15, 0.2) is 30.0 Å². The van der Waals surface area contributed by atoms with Gasteiger partial charge in [0.05, 0.1) is 5.70 Å². The summed E-state index contributed by atoms with van der Waals surface area (Å²) in [6.45, 7) is 1.66. The molecular formula is C18H21Cl2F3N4O2S. The van der Waals surface area contributed by atoms with Crippen molar-refractivity contribution in [1.29, 1.82) is 5.41 Å². The van der Waals surface area contributed by atoms with Gasteiger partial charge in [0.25, 0.3) is 5.91 Å². The summed E-state index contributed by atoms with van der Waals surface area (Å²) in [5, 5.41) is 7.65. The number of hydrogen-bond acceptors (Lipinski definition) is 5. The van der Waals surface area contributed by atoms with Crippen LogP contribution in [0, 0.1) is 5.41 Å². The summed E-state index contributed by atoms with van der Waals surface area (Å²) in [4.78, 5) is 16.0. The number of carbonyl (C=O) groups excluding carboxylic acids is 1. The van der Waals surface area contributed by atoms with E-state index in [1.807, 2.05) is 4.90 Å². The lowest BCUT2D eigenvalue weighted by atomic mass is 10.2. The standard InChI is InChI=1S/C18H21Cl2F3N4O2S/c19-13-2-1-3-14(20)12(13)11-27(5-4-26-6-8-30(29)9-7-26)17(28)15(24)10-16(25)18(21,22)23/h1-3,10,25H,4-9,11,24H2/b15-10-,25-16?. The number of amides is 1. The van der Waals surface area contributed by atoms with Crippen LogP contribution in [-0.4, -0.2) is 69.8 Å². The first-order chi connectivity index (χ1) is 14.0. The van der Waals surface area contributed by atoms with Crippen LogP contribution < -0.4 is 5.73 Å². The van der Waals surface area contributed by atoms with Gasteiger partial charge < -0.3 is 15.2 Å². The molecule has 0 spiro atoms. The summed E-state index contributed by atoms with van der Waals surface area (Å²) in [6.07, 6.45) is -4.61. The van der Waals surface area contributed by atoms with Crippen molar-refractivity contribution < 1.29 is 22.5 Å². The number of halogens is 5. The monoisotopic (exact) mass is 484 g/mol. The average Bonchev–Trinajstić information content (AvgIpc) is 2.67. The van der Waals surface area contributed by atoms with Crippen LogP contribution in [0.25, 0.3) is 0 Å². The van der Waals surface area contributed by atoms with Crippen molar-refractivity contribution in [1.82, 2.24) is 9.80 Å². The largest absolute Gasteiger partial charge is 0.616 e. The molecule has 1 aliphatic rings. The third-order valence-electron chi connectivity index (χ3n) is 4.51. The molecule has 0 unspecified atom stereocenters. The molecule has 3 N–H and O–H groups in total. The van der Waals surface area contributed by atoms with Crippen LogP contribution in [0.1, 0.15) is 5.56 Å². The van der Waals surface area contributed by atoms with E-state index in [-0.39, 0.29) is 13.1 Å². The van der Waals surface area contributed by atoms with E-state index < -0.39 is 34.7 Å². The summed E-state index contributed by atoms with van der Waals surface area (Å²) < 4.78 is 49.4. The molecule has 1 amide bonds. The molecule has 1 fully saturated rings. The zero-order valence-corrected chi connectivity index (χ0v) is 18.2. The molecule has 166 valence electrons. The van der Waals surface area contributed by atoms with Crippen LogP contribution in [-0.2, 0) is 22.5 Å². The first-order valence-electron chi connectivity index (χ1n) is 8.91. The molecule has 6 nitrogen and oxygen atoms in total. The zero-order chi connectivity index (χ0) is 22.5. The minimum absolute atomic E-state index is 0.0645. The fourth-order valence-electron chi connectivity index (χ4n) is 2.77. The number of carbonyl (C=O) groups is 1. The van der Waals surface area contributed by atoms with Crippen LogP contribution >= 0.6 is 23.2 Å². The van der Waals surface area contributed by atoms with Crippen molar-refractivity contribution in [3.05, 3.63) is 45.6 Å². The molecule has 1 aromatic rings. The Bertz CT molecular complexity index is 795. The van der Waals surface area contributed by atoms with Crippen molar-refractivity contribution in [3.8, 4) is 0 Å². The van der Waals surface area contributed by atoms with Crippen molar-refractivity contribution >= 4 is 46.0 Å². The Morgan fingerprint density at radius 1 is 1.30 bits per heavy atom. The lowest BCUT2D eigenvalue weighted by molar-refractivity contribution is -0.128. The van der Waals surface area contributed by atoms with E-state index in [4.69, 9.17) is 34.3 Å². The fraction of sp³-hybridized carbons (Fsp3) is 0.444. The van der Waals surface area contributed by atoms with E-state index in [9.17, 15) is 22.5 Å². The lowest BCUT2D eigenvalue weighted by Gasteiger charge is -2.31. The van der Waals surface area contributed by atoms with Gasteiger partial charge in [-0.05, 0) is 18.2 Å². The maximum atomic E-state index is 12.8. The Morgan fingerprint density at radius 3 is 2.40 bits per heavy atom. The Labute approximate surface area is 185 Å². The molecule has 0 atom stereocenters. The first kappa shape index (κ1) is 24.8. The molecule has 0 aromatic heterocycles. The molecule has 1 aliphatic heterocycles. The van der Waals surface area contributed by atoms with E-state index in [2.05, 4.69) is 0 Å². The molecule has 0 radical (unpaired) electrons. The smallest absolute Gasteiger partial charge is 0.432 e. The number of hydrogen-bond donors (Lipinski definition) is 2. The van der Waals surface area contributed by atoms with Gasteiger partial charge in [0.2, 0.25) is 0 Å². The number of allylic oxidation sites excluding steroid dienone is 1. The van der Waals surface area contributed by atoms with Gasteiger partial charge in [-0.3, -0.25) is 15.1 Å². The molecule has 1 saturated heterocycles. The Hall–Kier alpha value is -1.46. The Kier molecular flexibility index (Phi) is 8.86. The van der Waals surface area contributed by atoms with Crippen LogP contribution in [0.2, 0.25) is 10.0 Å². The second-order valence-corrected chi connectivity index (χ2v) is 9.14. The molecule has 30 heavy (non-hydrogen) atoms. The number of rotatable bonds is 7. The highest BCUT2D eigenvalue weighted by molar-refractivity contribution is 7.91. The maximum absolute atomic E-state index is 12.8. The van der Waals surface area contributed by atoms with E-state index >= 15 is 0 Å². The number of benzene rings is 1. The predicted octanol–water partition coefficient (Wildman–Crippen LogP) is 2.81. The normalized spacial score (nSPS) is 16.5. The van der Waals surface area contributed by atoms with E-state index in [1.54, 1.807) is 18.2 Å². The second-order valence-electron chi connectivity index (χ2n) is 6.63. The van der Waals surface area contributed by atoms with E-state index in [1.165, 1.54) is 4.90 Å². The van der Waals surface area contributed by atoms with Gasteiger partial charge in [0, 0.05) is 48.3 Å². The second kappa shape index (κ2) is 10.7. The zero-order valence-electron chi connectivity index (χ0n) is 15.8. The van der Waals surface area contributed by atoms with Crippen molar-refractivity contribution in [2.24, 2.45) is 5.73 Å². The molecule has 0 bridgehead atoms. The van der Waals surface area contributed by atoms with Gasteiger partial charge in [-0.2, -0.15) is 13.2 Å². The Morgan fingerprint density at radius 2 is 1.87 bits per heavy atom. The first-order valence-corrected chi connectivity index (χ1v) is 11.2. The van der Waals surface area contributed by atoms with E-state index in [0.29, 0.717) is 52.8 Å². The quantitative estimate of drug-likeness (QED) is 0.353. The molecule has 1 aromatic carbocycles. The topological polar surface area (TPSA) is 96.5 Å². The molecule has 12 heteroatoms. The fourth-order valence-corrected chi connectivity index (χ4v) is 4.41. The van der Waals surface area contributed by atoms with Gasteiger partial charge in [-0.1, -0.05) is 40.4 Å². The summed E-state index contributed by atoms with van der Waals surface area (Å²) in [5.74, 6) is 0.185. The average molecular weight is 485 g/mol. The number of nitrogens with zero attached hydrogens (tertiary/aromatic N) is 2. The van der Waals surface area contributed by atoms with Gasteiger partial charge in [-0.25, -0.2) is 0 Å². The van der Waals surface area contributed by atoms with Crippen LogP contribution in [0.4, 0.5) is 13.2 Å². The number of nitrogens with one attached hydrogen (secondary N) is 1. The predicted molar refractivity (Wildman–Crippen MR) is 112 cm³/mol. The Balaban J connectivity index is 2.20. The van der Waals surface area contributed by atoms with Crippen molar-refractivity contribution in [2.45, 2.75) is 12.7 Å². The number of alkyl halides is 3. The highest BCUT2D eigenvalue weighted by Crippen LogP contribution is 2.26. The van der Waals surface area contributed by atoms with Crippen LogP contribution in [0.3, 0.4) is 0 Å². The van der Waals surface area contributed by atoms with Gasteiger partial charge in [0.15, 0.2) is 0 Å². The molecule has 1 heterocycles. The van der Waals surface area contributed by atoms with Crippen molar-refractivity contribution in [2.75, 3.05) is 37.7 Å². The maximum Gasteiger partial charge on any atom is 0.432 e. The molecule has 0 aliphatic carbocycles. The van der Waals surface area contributed by atoms with Gasteiger partial charge in [-0.15, -0.1) is 0 Å². The summed E-state index contributed by atoms with van der Waals surface area (Å²) in [6, 6.07) is 4.81. The highest BCUT2D eigenvalue weighted by atomic mass is 35.5. The van der Waals surface area contributed by atoms with Crippen LogP contribution in [0.5, 0.6) is 0 Å². The van der Waals surface area contributed by atoms with E-state index in [0.717, 1.165) is 0 Å². The van der Waals surface area contributed by atoms with Gasteiger partial charge >= 0.3 is 6.18 Å². The third-order valence-corrected chi connectivity index (χ3v) is 6.49. The minimum Gasteiger partial charge on any atom is -0.616 e. The summed E-state index contributed by atoms with van der Waals surface area (Å²) in [7, 11) is 0. The molecule has 2 rings (SSSR count). The SMILES string of the molecule is N=C(/C=C(\N)C(=O)N(CCN1CC[S+]([O-])CC1)Cc1c(Cl)cccc1Cl)C(F)(F)F. The third kappa shape index (κ3) is 7.05. The highest BCUT2D eigenvalue weighted by Gasteiger charge is 2.33. The lowest BCUT2D eigenvalue weighted by Crippen LogP contribution is -2.45. The summed E-state index contributed by atoms with van der Waals surface area (Å²) >= 11 is 11.5. The van der Waals surface area contributed by atoms with Crippen molar-refractivity contribution in [3.63, 3.8) is 0 Å². The molecular weight excluding hydrogens is 464 g/mol.